The van der Waals surface area contributed by atoms with Crippen LogP contribution in [0, 0.1) is 23.4 Å². The Hall–Kier alpha value is -2.45. The number of hydrogen-bond acceptors (Lipinski definition) is 2. The van der Waals surface area contributed by atoms with E-state index in [0.29, 0.717) is 21.7 Å². The van der Waals surface area contributed by atoms with Gasteiger partial charge >= 0.3 is 0 Å². The summed E-state index contributed by atoms with van der Waals surface area (Å²) in [5, 5.41) is 5.28. The first-order chi connectivity index (χ1) is 16.0. The van der Waals surface area contributed by atoms with Gasteiger partial charge in [0.2, 0.25) is 5.91 Å². The number of carbonyl (C=O) groups excluding carboxylic acids is 2. The summed E-state index contributed by atoms with van der Waals surface area (Å²) in [4.78, 5) is 25.1. The number of rotatable bonds is 5. The van der Waals surface area contributed by atoms with Gasteiger partial charge in [-0.1, -0.05) is 29.3 Å². The Bertz CT molecular complexity index is 1300. The molecule has 2 N–H and O–H groups in total. The number of alkyl halides is 2. The fourth-order valence-electron chi connectivity index (χ4n) is 3.62. The second-order valence-electron chi connectivity index (χ2n) is 7.57. The monoisotopic (exact) mass is 546 g/mol. The molecule has 0 unspecified atom stereocenters. The quantitative estimate of drug-likeness (QED) is 0.332. The molecular formula is C23H13Cl4F3N2O2. The van der Waals surface area contributed by atoms with Gasteiger partial charge in [0, 0.05) is 22.0 Å². The smallest absolute Gasteiger partial charge is 0.258 e. The Balaban J connectivity index is 1.52. The van der Waals surface area contributed by atoms with Crippen LogP contribution in [-0.4, -0.2) is 16.1 Å². The van der Waals surface area contributed by atoms with E-state index in [0.717, 1.165) is 12.1 Å². The highest BCUT2D eigenvalue weighted by Crippen LogP contribution is 2.65. The van der Waals surface area contributed by atoms with E-state index in [9.17, 15) is 22.8 Å². The van der Waals surface area contributed by atoms with Crippen LogP contribution in [-0.2, 0) is 4.79 Å². The highest BCUT2D eigenvalue weighted by atomic mass is 35.5. The zero-order chi connectivity index (χ0) is 24.8. The van der Waals surface area contributed by atoms with E-state index in [1.54, 1.807) is 12.1 Å². The van der Waals surface area contributed by atoms with Crippen LogP contribution in [0.25, 0.3) is 0 Å². The Morgan fingerprint density at radius 2 is 1.47 bits per heavy atom. The van der Waals surface area contributed by atoms with E-state index < -0.39 is 51.0 Å². The molecule has 176 valence electrons. The Labute approximate surface area is 211 Å². The molecule has 0 aliphatic heterocycles. The highest BCUT2D eigenvalue weighted by molar-refractivity contribution is 6.53. The number of benzene rings is 3. The molecule has 0 heterocycles. The molecule has 3 aromatic carbocycles. The molecule has 11 heteroatoms. The molecule has 4 rings (SSSR count). The van der Waals surface area contributed by atoms with Crippen LogP contribution in [0.2, 0.25) is 10.0 Å². The minimum atomic E-state index is -1.47. The second kappa shape index (κ2) is 9.30. The van der Waals surface area contributed by atoms with Crippen LogP contribution in [0.5, 0.6) is 0 Å². The average Bonchev–Trinajstić information content (AvgIpc) is 3.32. The molecule has 34 heavy (non-hydrogen) atoms. The van der Waals surface area contributed by atoms with Gasteiger partial charge in [-0.2, -0.15) is 0 Å². The molecule has 0 aromatic heterocycles. The largest absolute Gasteiger partial charge is 0.323 e. The van der Waals surface area contributed by atoms with Gasteiger partial charge in [-0.3, -0.25) is 9.59 Å². The number of anilines is 2. The topological polar surface area (TPSA) is 58.2 Å². The van der Waals surface area contributed by atoms with Crippen molar-refractivity contribution in [3.05, 3.63) is 93.2 Å². The van der Waals surface area contributed by atoms with Crippen molar-refractivity contribution in [2.45, 2.75) is 10.3 Å². The Morgan fingerprint density at radius 1 is 0.853 bits per heavy atom. The van der Waals surface area contributed by atoms with Crippen LogP contribution in [0.4, 0.5) is 24.5 Å². The van der Waals surface area contributed by atoms with Gasteiger partial charge in [0.25, 0.3) is 5.91 Å². The van der Waals surface area contributed by atoms with Gasteiger partial charge in [-0.25, -0.2) is 13.2 Å². The third kappa shape index (κ3) is 4.84. The fraction of sp³-hybridized carbons (Fsp3) is 0.130. The van der Waals surface area contributed by atoms with E-state index >= 15 is 0 Å². The summed E-state index contributed by atoms with van der Waals surface area (Å²) < 4.78 is 40.5. The normalized spacial score (nSPS) is 18.3. The van der Waals surface area contributed by atoms with Gasteiger partial charge < -0.3 is 10.6 Å². The lowest BCUT2D eigenvalue weighted by molar-refractivity contribution is -0.117. The van der Waals surface area contributed by atoms with Gasteiger partial charge in [0.1, 0.15) is 16.0 Å². The highest BCUT2D eigenvalue weighted by Gasteiger charge is 2.67. The lowest BCUT2D eigenvalue weighted by Gasteiger charge is -2.11. The van der Waals surface area contributed by atoms with E-state index in [2.05, 4.69) is 10.6 Å². The van der Waals surface area contributed by atoms with Gasteiger partial charge in [0.15, 0.2) is 5.82 Å². The number of nitrogens with one attached hydrogen (secondary N) is 2. The predicted octanol–water partition coefficient (Wildman–Crippen LogP) is 7.19. The third-order valence-electron chi connectivity index (χ3n) is 5.26. The third-order valence-corrected chi connectivity index (χ3v) is 6.64. The summed E-state index contributed by atoms with van der Waals surface area (Å²) in [5.74, 6) is -6.19. The van der Waals surface area contributed by atoms with Crippen molar-refractivity contribution in [2.75, 3.05) is 10.6 Å². The van der Waals surface area contributed by atoms with Crippen LogP contribution < -0.4 is 10.6 Å². The SMILES string of the molecule is O=C(Nc1cccc(NC(=O)[C@H]2[C@H](c3cc(Cl)cc(Cl)c3)C2(Cl)Cl)c1F)c1ccc(F)cc1F. The van der Waals surface area contributed by atoms with Crippen molar-refractivity contribution in [1.29, 1.82) is 0 Å². The number of hydrogen-bond donors (Lipinski definition) is 2. The van der Waals surface area contributed by atoms with Crippen molar-refractivity contribution in [3.63, 3.8) is 0 Å². The number of amides is 2. The first-order valence-corrected chi connectivity index (χ1v) is 11.2. The van der Waals surface area contributed by atoms with Crippen LogP contribution in [0.1, 0.15) is 21.8 Å². The predicted molar refractivity (Wildman–Crippen MR) is 126 cm³/mol. The van der Waals surface area contributed by atoms with Crippen molar-refractivity contribution >= 4 is 69.6 Å². The summed E-state index contributed by atoms with van der Waals surface area (Å²) in [6.45, 7) is 0. The molecule has 2 amide bonds. The van der Waals surface area contributed by atoms with Crippen molar-refractivity contribution in [2.24, 2.45) is 5.92 Å². The molecule has 0 saturated heterocycles. The van der Waals surface area contributed by atoms with Crippen LogP contribution >= 0.6 is 46.4 Å². The van der Waals surface area contributed by atoms with E-state index in [1.807, 2.05) is 0 Å². The Morgan fingerprint density at radius 3 is 2.09 bits per heavy atom. The summed E-state index contributed by atoms with van der Waals surface area (Å²) in [6, 6.07) is 10.9. The van der Waals surface area contributed by atoms with E-state index in [4.69, 9.17) is 46.4 Å². The zero-order valence-electron chi connectivity index (χ0n) is 16.8. The van der Waals surface area contributed by atoms with Crippen molar-refractivity contribution in [3.8, 4) is 0 Å². The number of carbonyl (C=O) groups is 2. The second-order valence-corrected chi connectivity index (χ2v) is 9.88. The average molecular weight is 548 g/mol. The summed E-state index contributed by atoms with van der Waals surface area (Å²) >= 11 is 24.7. The van der Waals surface area contributed by atoms with E-state index in [-0.39, 0.29) is 11.4 Å². The molecule has 1 aliphatic carbocycles. The lowest BCUT2D eigenvalue weighted by atomic mass is 10.1. The minimum Gasteiger partial charge on any atom is -0.323 e. The maximum Gasteiger partial charge on any atom is 0.258 e. The molecule has 4 nitrogen and oxygen atoms in total. The first-order valence-electron chi connectivity index (χ1n) is 9.68. The summed E-state index contributed by atoms with van der Waals surface area (Å²) in [6.07, 6.45) is 0. The summed E-state index contributed by atoms with van der Waals surface area (Å²) in [5.41, 5.74) is -0.527. The molecule has 1 fully saturated rings. The summed E-state index contributed by atoms with van der Waals surface area (Å²) in [7, 11) is 0. The molecule has 0 bridgehead atoms. The zero-order valence-corrected chi connectivity index (χ0v) is 19.8. The molecule has 0 spiro atoms. The van der Waals surface area contributed by atoms with Gasteiger partial charge in [0.05, 0.1) is 22.9 Å². The van der Waals surface area contributed by atoms with Crippen molar-refractivity contribution < 1.29 is 22.8 Å². The fourth-order valence-corrected chi connectivity index (χ4v) is 4.99. The molecule has 0 radical (unpaired) electrons. The van der Waals surface area contributed by atoms with Gasteiger partial charge in [-0.05, 0) is 48.0 Å². The van der Waals surface area contributed by atoms with Crippen LogP contribution in [0.3, 0.4) is 0 Å². The Kier molecular flexibility index (Phi) is 6.75. The molecule has 1 aliphatic rings. The molecule has 1 saturated carbocycles. The minimum absolute atomic E-state index is 0.263. The number of halogens is 7. The van der Waals surface area contributed by atoms with Crippen molar-refractivity contribution in [1.82, 2.24) is 0 Å². The molecule has 3 aromatic rings. The maximum atomic E-state index is 15.0. The van der Waals surface area contributed by atoms with Crippen LogP contribution in [0.15, 0.2) is 54.6 Å². The first kappa shape index (κ1) is 24.7. The molecular weight excluding hydrogens is 535 g/mol. The molecule has 2 atom stereocenters. The standard InChI is InChI=1S/C23H13Cl4F3N2O2/c24-11-6-10(7-12(25)8-11)18-19(23(18,26)27)22(34)32-17-3-1-2-16(20(17)30)31-21(33)14-5-4-13(28)9-15(14)29/h1-9,18-19H,(H,31,33)(H,32,34)/t18-,19+/m0/s1. The maximum absolute atomic E-state index is 15.0. The lowest BCUT2D eigenvalue weighted by Crippen LogP contribution is -2.19. The van der Waals surface area contributed by atoms with E-state index in [1.165, 1.54) is 24.3 Å². The van der Waals surface area contributed by atoms with Gasteiger partial charge in [-0.15, -0.1) is 23.2 Å².